The zero-order valence-electron chi connectivity index (χ0n) is 8.18. The molecule has 2 heterocycles. The normalized spacial score (nSPS) is 11.0. The van der Waals surface area contributed by atoms with Crippen molar-refractivity contribution in [1.82, 2.24) is 25.2 Å². The average molecular weight is 199 g/mol. The summed E-state index contributed by atoms with van der Waals surface area (Å²) < 4.78 is 1.79. The minimum absolute atomic E-state index is 0.887. The van der Waals surface area contributed by atoms with Gasteiger partial charge in [-0.2, -0.15) is 5.10 Å². The molecule has 0 aliphatic rings. The Kier molecular flexibility index (Phi) is 1.58. The molecule has 0 aliphatic heterocycles. The van der Waals surface area contributed by atoms with Crippen molar-refractivity contribution in [3.8, 4) is 5.69 Å². The lowest BCUT2D eigenvalue weighted by Gasteiger charge is -1.98. The molecule has 0 saturated heterocycles. The molecule has 3 rings (SSSR count). The van der Waals surface area contributed by atoms with Crippen molar-refractivity contribution in [2.24, 2.45) is 0 Å². The molecule has 0 radical (unpaired) electrons. The summed E-state index contributed by atoms with van der Waals surface area (Å²) in [6.45, 7) is 1.96. The summed E-state index contributed by atoms with van der Waals surface area (Å²) in [5.41, 5.74) is 3.79. The highest BCUT2D eigenvalue weighted by Crippen LogP contribution is 2.16. The zero-order chi connectivity index (χ0) is 10.3. The van der Waals surface area contributed by atoms with Gasteiger partial charge in [0.25, 0.3) is 0 Å². The highest BCUT2D eigenvalue weighted by molar-refractivity contribution is 5.75. The van der Waals surface area contributed by atoms with E-state index in [4.69, 9.17) is 0 Å². The number of rotatable bonds is 1. The van der Waals surface area contributed by atoms with Gasteiger partial charge in [0.2, 0.25) is 0 Å². The van der Waals surface area contributed by atoms with Gasteiger partial charge >= 0.3 is 0 Å². The molecule has 0 spiro atoms. The van der Waals surface area contributed by atoms with Crippen LogP contribution in [-0.2, 0) is 0 Å². The van der Waals surface area contributed by atoms with Gasteiger partial charge in [0, 0.05) is 0 Å². The van der Waals surface area contributed by atoms with E-state index < -0.39 is 0 Å². The van der Waals surface area contributed by atoms with Gasteiger partial charge in [0.15, 0.2) is 0 Å². The van der Waals surface area contributed by atoms with Gasteiger partial charge in [-0.3, -0.25) is 5.10 Å². The predicted molar refractivity (Wildman–Crippen MR) is 55.7 cm³/mol. The van der Waals surface area contributed by atoms with Gasteiger partial charge in [-0.1, -0.05) is 17.3 Å². The van der Waals surface area contributed by atoms with Gasteiger partial charge < -0.3 is 0 Å². The highest BCUT2D eigenvalue weighted by atomic mass is 15.4. The van der Waals surface area contributed by atoms with Gasteiger partial charge in [-0.25, -0.2) is 4.68 Å². The molecule has 0 atom stereocenters. The van der Waals surface area contributed by atoms with E-state index in [9.17, 15) is 0 Å². The zero-order valence-corrected chi connectivity index (χ0v) is 8.18. The standard InChI is InChI=1S/C10H9N5/c1-7-10(6-11-12-7)15-9-5-3-2-4-8(9)13-14-15/h2-6H,1H3,(H,11,12). The van der Waals surface area contributed by atoms with Crippen LogP contribution in [0.5, 0.6) is 0 Å². The summed E-state index contributed by atoms with van der Waals surface area (Å²) in [7, 11) is 0. The summed E-state index contributed by atoms with van der Waals surface area (Å²) in [6.07, 6.45) is 1.75. The number of hydrogen-bond donors (Lipinski definition) is 1. The number of fused-ring (bicyclic) bond motifs is 1. The third-order valence-corrected chi connectivity index (χ3v) is 2.38. The van der Waals surface area contributed by atoms with E-state index in [1.165, 1.54) is 0 Å². The summed E-state index contributed by atoms with van der Waals surface area (Å²) in [4.78, 5) is 0. The molecule has 0 fully saturated rings. The van der Waals surface area contributed by atoms with Crippen LogP contribution in [-0.4, -0.2) is 25.2 Å². The SMILES string of the molecule is Cc1[nH]ncc1-n1nnc2ccccc21. The van der Waals surface area contributed by atoms with E-state index in [2.05, 4.69) is 20.5 Å². The maximum absolute atomic E-state index is 4.11. The summed E-state index contributed by atoms with van der Waals surface area (Å²) in [5, 5.41) is 15.0. The van der Waals surface area contributed by atoms with E-state index >= 15 is 0 Å². The van der Waals surface area contributed by atoms with Crippen LogP contribution >= 0.6 is 0 Å². The van der Waals surface area contributed by atoms with Gasteiger partial charge in [0.05, 0.1) is 17.4 Å². The van der Waals surface area contributed by atoms with Crippen molar-refractivity contribution in [1.29, 1.82) is 0 Å². The quantitative estimate of drug-likeness (QED) is 0.645. The molecule has 74 valence electrons. The molecule has 0 bridgehead atoms. The van der Waals surface area contributed by atoms with Crippen LogP contribution in [0.25, 0.3) is 16.7 Å². The minimum atomic E-state index is 0.887. The van der Waals surface area contributed by atoms with E-state index in [-0.39, 0.29) is 0 Å². The molecule has 2 aromatic heterocycles. The topological polar surface area (TPSA) is 59.4 Å². The molecule has 1 N–H and O–H groups in total. The molecule has 3 aromatic rings. The summed E-state index contributed by atoms with van der Waals surface area (Å²) in [5.74, 6) is 0. The van der Waals surface area contributed by atoms with E-state index in [0.29, 0.717) is 0 Å². The van der Waals surface area contributed by atoms with Gasteiger partial charge in [-0.05, 0) is 19.1 Å². The van der Waals surface area contributed by atoms with Crippen molar-refractivity contribution in [3.63, 3.8) is 0 Å². The Labute approximate surface area is 85.7 Å². The maximum atomic E-state index is 4.11. The second kappa shape index (κ2) is 2.91. The molecule has 5 nitrogen and oxygen atoms in total. The third kappa shape index (κ3) is 1.13. The smallest absolute Gasteiger partial charge is 0.113 e. The first kappa shape index (κ1) is 8.16. The predicted octanol–water partition coefficient (Wildman–Crippen LogP) is 1.45. The first-order valence-electron chi connectivity index (χ1n) is 4.67. The molecule has 15 heavy (non-hydrogen) atoms. The number of para-hydroxylation sites is 1. The summed E-state index contributed by atoms with van der Waals surface area (Å²) in [6, 6.07) is 7.84. The lowest BCUT2D eigenvalue weighted by molar-refractivity contribution is 0.819. The molecular weight excluding hydrogens is 190 g/mol. The van der Waals surface area contributed by atoms with Crippen LogP contribution in [0, 0.1) is 6.92 Å². The summed E-state index contributed by atoms with van der Waals surface area (Å²) >= 11 is 0. The number of benzene rings is 1. The fourth-order valence-electron chi connectivity index (χ4n) is 1.60. The lowest BCUT2D eigenvalue weighted by Crippen LogP contribution is -1.96. The van der Waals surface area contributed by atoms with Crippen LogP contribution < -0.4 is 0 Å². The molecule has 5 heteroatoms. The third-order valence-electron chi connectivity index (χ3n) is 2.38. The van der Waals surface area contributed by atoms with Crippen molar-refractivity contribution in [2.45, 2.75) is 6.92 Å². The molecule has 0 aliphatic carbocycles. The van der Waals surface area contributed by atoms with Crippen LogP contribution in [0.2, 0.25) is 0 Å². The van der Waals surface area contributed by atoms with Gasteiger partial charge in [0.1, 0.15) is 11.2 Å². The highest BCUT2D eigenvalue weighted by Gasteiger charge is 2.08. The van der Waals surface area contributed by atoms with Crippen molar-refractivity contribution in [2.75, 3.05) is 0 Å². The number of hydrogen-bond acceptors (Lipinski definition) is 3. The Morgan fingerprint density at radius 3 is 2.93 bits per heavy atom. The van der Waals surface area contributed by atoms with Crippen LogP contribution in [0.1, 0.15) is 5.69 Å². The van der Waals surface area contributed by atoms with Crippen LogP contribution in [0.15, 0.2) is 30.5 Å². The Bertz CT molecular complexity index is 607. The Balaban J connectivity index is 2.32. The minimum Gasteiger partial charge on any atom is -0.281 e. The van der Waals surface area contributed by atoms with Gasteiger partial charge in [-0.15, -0.1) is 5.10 Å². The van der Waals surface area contributed by atoms with Crippen LogP contribution in [0.4, 0.5) is 0 Å². The second-order valence-corrected chi connectivity index (χ2v) is 3.37. The fourth-order valence-corrected chi connectivity index (χ4v) is 1.60. The van der Waals surface area contributed by atoms with E-state index in [1.54, 1.807) is 10.9 Å². The van der Waals surface area contributed by atoms with E-state index in [0.717, 1.165) is 22.4 Å². The van der Waals surface area contributed by atoms with Crippen molar-refractivity contribution >= 4 is 11.0 Å². The molecule has 0 amide bonds. The number of H-pyrrole nitrogens is 1. The largest absolute Gasteiger partial charge is 0.281 e. The average Bonchev–Trinajstić information content (AvgIpc) is 2.83. The molecular formula is C10H9N5. The molecule has 0 unspecified atom stereocenters. The number of nitrogens with one attached hydrogen (secondary N) is 1. The molecule has 1 aromatic carbocycles. The number of aromatic amines is 1. The Morgan fingerprint density at radius 2 is 2.13 bits per heavy atom. The number of nitrogens with zero attached hydrogens (tertiary/aromatic N) is 4. The number of aromatic nitrogens is 5. The van der Waals surface area contributed by atoms with Crippen molar-refractivity contribution in [3.05, 3.63) is 36.2 Å². The first-order chi connectivity index (χ1) is 7.36. The first-order valence-corrected chi connectivity index (χ1v) is 4.67. The van der Waals surface area contributed by atoms with E-state index in [1.807, 2.05) is 31.2 Å². The Morgan fingerprint density at radius 1 is 1.27 bits per heavy atom. The van der Waals surface area contributed by atoms with Crippen molar-refractivity contribution < 1.29 is 0 Å². The second-order valence-electron chi connectivity index (χ2n) is 3.37. The van der Waals surface area contributed by atoms with Crippen LogP contribution in [0.3, 0.4) is 0 Å². The molecule has 0 saturated carbocycles. The fraction of sp³-hybridized carbons (Fsp3) is 0.100. The number of aryl methyl sites for hydroxylation is 1. The monoisotopic (exact) mass is 199 g/mol. The lowest BCUT2D eigenvalue weighted by atomic mass is 10.3. The maximum Gasteiger partial charge on any atom is 0.113 e. The Hall–Kier alpha value is -2.17.